The van der Waals surface area contributed by atoms with E-state index in [9.17, 15) is 9.59 Å². The first-order valence-electron chi connectivity index (χ1n) is 12.3. The average molecular weight is 542 g/mol. The molecule has 2 aromatic rings. The van der Waals surface area contributed by atoms with Crippen molar-refractivity contribution in [3.05, 3.63) is 84.1 Å². The van der Waals surface area contributed by atoms with Crippen molar-refractivity contribution in [1.82, 2.24) is 10.6 Å². The molecule has 0 aliphatic heterocycles. The maximum atomic E-state index is 12.4. The molecule has 0 spiro atoms. The number of ketones is 1. The van der Waals surface area contributed by atoms with E-state index in [1.54, 1.807) is 6.07 Å². The van der Waals surface area contributed by atoms with Gasteiger partial charge >= 0.3 is 0 Å². The molecule has 1 amide bonds. The van der Waals surface area contributed by atoms with Crippen LogP contribution in [0, 0.1) is 11.3 Å². The Morgan fingerprint density at radius 1 is 0.892 bits per heavy atom. The first-order valence-corrected chi connectivity index (χ1v) is 14.8. The van der Waals surface area contributed by atoms with Gasteiger partial charge in [0.05, 0.1) is 12.1 Å². The SMILES string of the molecule is C=C(NC(Cc1ccccc1)C(=O)C#N)C(N)CSSCC(N)C(=O)NC(C)Cc1ccccc1.CC. The highest BCUT2D eigenvalue weighted by atomic mass is 33.1. The van der Waals surface area contributed by atoms with Crippen molar-refractivity contribution in [2.24, 2.45) is 11.5 Å². The van der Waals surface area contributed by atoms with Crippen LogP contribution in [0.1, 0.15) is 31.9 Å². The molecule has 37 heavy (non-hydrogen) atoms. The Hall–Kier alpha value is -2.77. The molecular weight excluding hydrogens is 502 g/mol. The number of carbonyl (C=O) groups is 2. The van der Waals surface area contributed by atoms with Crippen molar-refractivity contribution in [1.29, 1.82) is 5.26 Å². The normalized spacial score (nSPS) is 13.5. The summed E-state index contributed by atoms with van der Waals surface area (Å²) in [4.78, 5) is 24.5. The lowest BCUT2D eigenvalue weighted by Gasteiger charge is -2.22. The molecule has 200 valence electrons. The molecule has 0 radical (unpaired) electrons. The van der Waals surface area contributed by atoms with Crippen LogP contribution in [0.4, 0.5) is 0 Å². The first-order chi connectivity index (χ1) is 17.8. The van der Waals surface area contributed by atoms with Crippen LogP contribution in [0.15, 0.2) is 72.9 Å². The number of nitriles is 1. The number of amides is 1. The fourth-order valence-electron chi connectivity index (χ4n) is 3.26. The summed E-state index contributed by atoms with van der Waals surface area (Å²) in [6.07, 6.45) is 1.11. The third kappa shape index (κ3) is 12.8. The lowest BCUT2D eigenvalue weighted by Crippen LogP contribution is -2.46. The van der Waals surface area contributed by atoms with Crippen LogP contribution in [-0.2, 0) is 22.4 Å². The molecule has 7 nitrogen and oxygen atoms in total. The van der Waals surface area contributed by atoms with E-state index in [4.69, 9.17) is 16.7 Å². The first kappa shape index (κ1) is 32.3. The smallest absolute Gasteiger partial charge is 0.254 e. The van der Waals surface area contributed by atoms with Crippen LogP contribution >= 0.6 is 21.6 Å². The molecule has 2 aromatic carbocycles. The van der Waals surface area contributed by atoms with Crippen LogP contribution in [0.2, 0.25) is 0 Å². The molecule has 4 unspecified atom stereocenters. The van der Waals surface area contributed by atoms with Crippen LogP contribution in [0.3, 0.4) is 0 Å². The molecule has 0 aliphatic rings. The van der Waals surface area contributed by atoms with Gasteiger partial charge in [-0.25, -0.2) is 0 Å². The van der Waals surface area contributed by atoms with E-state index in [1.165, 1.54) is 21.6 Å². The van der Waals surface area contributed by atoms with Crippen molar-refractivity contribution < 1.29 is 9.59 Å². The van der Waals surface area contributed by atoms with E-state index >= 15 is 0 Å². The highest BCUT2D eigenvalue weighted by Crippen LogP contribution is 2.23. The predicted octanol–water partition coefficient (Wildman–Crippen LogP) is 3.60. The number of benzene rings is 2. The Kier molecular flexibility index (Phi) is 16.1. The monoisotopic (exact) mass is 541 g/mol. The zero-order valence-electron chi connectivity index (χ0n) is 21.9. The number of nitrogens with zero attached hydrogens (tertiary/aromatic N) is 1. The maximum absolute atomic E-state index is 12.4. The summed E-state index contributed by atoms with van der Waals surface area (Å²) in [6.45, 7) is 9.91. The summed E-state index contributed by atoms with van der Waals surface area (Å²) in [6, 6.07) is 19.3. The lowest BCUT2D eigenvalue weighted by molar-refractivity contribution is -0.122. The summed E-state index contributed by atoms with van der Waals surface area (Å²) >= 11 is 0. The van der Waals surface area contributed by atoms with Gasteiger partial charge < -0.3 is 22.1 Å². The molecule has 0 bridgehead atoms. The highest BCUT2D eigenvalue weighted by Gasteiger charge is 2.21. The zero-order valence-corrected chi connectivity index (χ0v) is 23.5. The van der Waals surface area contributed by atoms with Crippen LogP contribution in [0.25, 0.3) is 0 Å². The fraction of sp³-hybridized carbons (Fsp3) is 0.393. The maximum Gasteiger partial charge on any atom is 0.254 e. The summed E-state index contributed by atoms with van der Waals surface area (Å²) in [7, 11) is 2.94. The van der Waals surface area contributed by atoms with E-state index in [2.05, 4.69) is 17.2 Å². The van der Waals surface area contributed by atoms with Gasteiger partial charge in [0.2, 0.25) is 5.91 Å². The quantitative estimate of drug-likeness (QED) is 0.153. The van der Waals surface area contributed by atoms with Gasteiger partial charge in [-0.2, -0.15) is 5.26 Å². The third-order valence-corrected chi connectivity index (χ3v) is 7.68. The van der Waals surface area contributed by atoms with Gasteiger partial charge in [-0.05, 0) is 24.5 Å². The topological polar surface area (TPSA) is 134 Å². The van der Waals surface area contributed by atoms with Crippen LogP contribution < -0.4 is 22.1 Å². The molecular formula is C28H39N5O2S2. The average Bonchev–Trinajstić information content (AvgIpc) is 2.92. The van der Waals surface area contributed by atoms with Crippen molar-refractivity contribution in [2.75, 3.05) is 11.5 Å². The fourth-order valence-corrected chi connectivity index (χ4v) is 5.55. The van der Waals surface area contributed by atoms with Gasteiger partial charge in [0.15, 0.2) is 0 Å². The molecule has 0 saturated carbocycles. The van der Waals surface area contributed by atoms with Crippen LogP contribution in [0.5, 0.6) is 0 Å². The molecule has 0 aromatic heterocycles. The lowest BCUT2D eigenvalue weighted by atomic mass is 10.0. The van der Waals surface area contributed by atoms with Crippen LogP contribution in [-0.4, -0.2) is 47.4 Å². The summed E-state index contributed by atoms with van der Waals surface area (Å²) in [5, 5.41) is 15.1. The molecule has 0 saturated heterocycles. The summed E-state index contributed by atoms with van der Waals surface area (Å²) in [5.74, 6) is 0.192. The largest absolute Gasteiger partial charge is 0.377 e. The van der Waals surface area contributed by atoms with E-state index in [1.807, 2.05) is 81.4 Å². The van der Waals surface area contributed by atoms with Gasteiger partial charge in [0, 0.05) is 29.7 Å². The second-order valence-electron chi connectivity index (χ2n) is 8.27. The third-order valence-electron chi connectivity index (χ3n) is 5.21. The number of nitrogens with two attached hydrogens (primary N) is 2. The highest BCUT2D eigenvalue weighted by molar-refractivity contribution is 8.76. The number of hydrogen-bond donors (Lipinski definition) is 4. The minimum Gasteiger partial charge on any atom is -0.377 e. The Balaban J connectivity index is 0.00000334. The standard InChI is InChI=1S/C26H33N5O2S2.C2H6/c1-18(13-20-9-5-3-6-10-20)30-26(33)23(29)17-35-34-16-22(28)19(2)31-24(25(32)15-27)14-21-11-7-4-8-12-21;1-2/h3-12,18,22-24,31H,2,13-14,16-17,28-29H2,1H3,(H,30,33);1-2H3. The summed E-state index contributed by atoms with van der Waals surface area (Å²) < 4.78 is 0. The Bertz CT molecular complexity index is 999. The Morgan fingerprint density at radius 2 is 1.38 bits per heavy atom. The second-order valence-corrected chi connectivity index (χ2v) is 10.8. The number of nitrogens with one attached hydrogen (secondary N) is 2. The molecule has 4 atom stereocenters. The Labute approximate surface area is 229 Å². The van der Waals surface area contributed by atoms with Crippen molar-refractivity contribution in [3.63, 3.8) is 0 Å². The van der Waals surface area contributed by atoms with Gasteiger partial charge in [-0.15, -0.1) is 0 Å². The zero-order chi connectivity index (χ0) is 27.6. The number of rotatable bonds is 15. The van der Waals surface area contributed by atoms with E-state index < -0.39 is 23.9 Å². The minimum absolute atomic E-state index is 0.0172. The van der Waals surface area contributed by atoms with Crippen molar-refractivity contribution >= 4 is 33.3 Å². The predicted molar refractivity (Wildman–Crippen MR) is 157 cm³/mol. The van der Waals surface area contributed by atoms with E-state index in [-0.39, 0.29) is 11.9 Å². The molecule has 0 fully saturated rings. The van der Waals surface area contributed by atoms with E-state index in [0.717, 1.165) is 17.5 Å². The molecule has 9 heteroatoms. The second kappa shape index (κ2) is 18.5. The number of carbonyl (C=O) groups excluding carboxylic acids is 2. The molecule has 2 rings (SSSR count). The van der Waals surface area contributed by atoms with Crippen molar-refractivity contribution in [3.8, 4) is 6.07 Å². The number of hydrogen-bond acceptors (Lipinski definition) is 8. The van der Waals surface area contributed by atoms with Crippen molar-refractivity contribution in [2.45, 2.75) is 57.8 Å². The van der Waals surface area contributed by atoms with Gasteiger partial charge in [0.25, 0.3) is 5.78 Å². The van der Waals surface area contributed by atoms with Gasteiger partial charge in [-0.1, -0.05) is 103 Å². The summed E-state index contributed by atoms with van der Waals surface area (Å²) in [5.41, 5.74) is 14.8. The minimum atomic E-state index is -0.714. The van der Waals surface area contributed by atoms with Gasteiger partial charge in [-0.3, -0.25) is 9.59 Å². The molecule has 6 N–H and O–H groups in total. The van der Waals surface area contributed by atoms with Gasteiger partial charge in [0.1, 0.15) is 12.1 Å². The number of Topliss-reactive ketones (excluding diaryl/α,β-unsaturated/α-hetero) is 1. The van der Waals surface area contributed by atoms with E-state index in [0.29, 0.717) is 23.6 Å². The molecule has 0 heterocycles. The molecule has 0 aliphatic carbocycles. The Morgan fingerprint density at radius 3 is 1.89 bits per heavy atom.